The van der Waals surface area contributed by atoms with Crippen molar-refractivity contribution in [2.75, 3.05) is 0 Å². The predicted molar refractivity (Wildman–Crippen MR) is 75.5 cm³/mol. The summed E-state index contributed by atoms with van der Waals surface area (Å²) in [5.74, 6) is -0.313. The van der Waals surface area contributed by atoms with Gasteiger partial charge in [-0.25, -0.2) is 4.98 Å². The third-order valence-electron chi connectivity index (χ3n) is 2.93. The van der Waals surface area contributed by atoms with Gasteiger partial charge in [0, 0.05) is 18.4 Å². The number of aromatic nitrogens is 1. The quantitative estimate of drug-likeness (QED) is 0.846. The number of hydrogen-bond acceptors (Lipinski definition) is 4. The molecular weight excluding hydrogens is 272 g/mol. The molecule has 2 aromatic rings. The van der Waals surface area contributed by atoms with Crippen LogP contribution in [0.5, 0.6) is 0 Å². The first-order chi connectivity index (χ1) is 10.1. The van der Waals surface area contributed by atoms with Gasteiger partial charge in [0.2, 0.25) is 5.91 Å². The van der Waals surface area contributed by atoms with E-state index in [1.54, 1.807) is 6.20 Å². The Hall–Kier alpha value is -2.63. The summed E-state index contributed by atoms with van der Waals surface area (Å²) in [6.45, 7) is 1.42. The fourth-order valence-corrected chi connectivity index (χ4v) is 1.76. The average molecular weight is 288 g/mol. The van der Waals surface area contributed by atoms with E-state index in [0.717, 1.165) is 5.56 Å². The van der Waals surface area contributed by atoms with Gasteiger partial charge in [0.1, 0.15) is 6.04 Å². The number of aliphatic carboxylic acids is 1. The highest BCUT2D eigenvalue weighted by Crippen LogP contribution is 2.20. The highest BCUT2D eigenvalue weighted by Gasteiger charge is 2.14. The van der Waals surface area contributed by atoms with Crippen LogP contribution < -0.4 is 5.32 Å². The first-order valence-corrected chi connectivity index (χ1v) is 6.58. The molecule has 0 aliphatic rings. The molecule has 0 radical (unpaired) electrons. The molecule has 2 rings (SSSR count). The summed E-state index contributed by atoms with van der Waals surface area (Å²) in [5, 5.41) is 11.1. The molecule has 6 heteroatoms. The number of carbonyl (C=O) groups is 2. The maximum Gasteiger partial charge on any atom is 0.325 e. The first kappa shape index (κ1) is 14.8. The van der Waals surface area contributed by atoms with Gasteiger partial charge in [-0.1, -0.05) is 30.3 Å². The molecule has 0 aliphatic carbocycles. The lowest BCUT2D eigenvalue weighted by molar-refractivity contribution is -0.141. The van der Waals surface area contributed by atoms with Crippen LogP contribution in [-0.2, 0) is 16.0 Å². The van der Waals surface area contributed by atoms with Crippen LogP contribution in [0.2, 0.25) is 0 Å². The molecule has 1 atom stereocenters. The molecule has 1 amide bonds. The molecule has 1 heterocycles. The number of aryl methyl sites for hydroxylation is 1. The van der Waals surface area contributed by atoms with Gasteiger partial charge in [-0.05, 0) is 6.92 Å². The molecular formula is C15H16N2O4. The molecule has 0 spiro atoms. The second-order valence-corrected chi connectivity index (χ2v) is 4.61. The van der Waals surface area contributed by atoms with Crippen molar-refractivity contribution in [1.82, 2.24) is 10.3 Å². The Labute approximate surface area is 121 Å². The van der Waals surface area contributed by atoms with Crippen LogP contribution >= 0.6 is 0 Å². The smallest absolute Gasteiger partial charge is 0.325 e. The highest BCUT2D eigenvalue weighted by atomic mass is 16.4. The molecule has 6 nitrogen and oxygen atoms in total. The van der Waals surface area contributed by atoms with E-state index in [-0.39, 0.29) is 12.3 Å². The Balaban J connectivity index is 1.89. The van der Waals surface area contributed by atoms with Crippen molar-refractivity contribution < 1.29 is 19.1 Å². The Kier molecular flexibility index (Phi) is 4.71. The lowest BCUT2D eigenvalue weighted by Crippen LogP contribution is -2.38. The summed E-state index contributed by atoms with van der Waals surface area (Å²) in [6, 6.07) is 8.63. The second kappa shape index (κ2) is 6.69. The number of nitrogens with one attached hydrogen (secondary N) is 1. The summed E-state index contributed by atoms with van der Waals surface area (Å²) < 4.78 is 5.57. The summed E-state index contributed by atoms with van der Waals surface area (Å²) in [5.41, 5.74) is 0.917. The Bertz CT molecular complexity index is 622. The van der Waals surface area contributed by atoms with Gasteiger partial charge in [-0.3, -0.25) is 9.59 Å². The molecule has 21 heavy (non-hydrogen) atoms. The zero-order chi connectivity index (χ0) is 15.2. The van der Waals surface area contributed by atoms with Gasteiger partial charge in [0.15, 0.2) is 11.7 Å². The Morgan fingerprint density at radius 1 is 1.33 bits per heavy atom. The molecule has 110 valence electrons. The van der Waals surface area contributed by atoms with Crippen molar-refractivity contribution in [2.24, 2.45) is 0 Å². The molecule has 0 aliphatic heterocycles. The van der Waals surface area contributed by atoms with Gasteiger partial charge in [-0.15, -0.1) is 0 Å². The molecule has 0 saturated heterocycles. The van der Waals surface area contributed by atoms with Crippen LogP contribution in [0, 0.1) is 0 Å². The lowest BCUT2D eigenvalue weighted by atomic mass is 10.2. The van der Waals surface area contributed by atoms with E-state index < -0.39 is 12.0 Å². The number of benzene rings is 1. The summed E-state index contributed by atoms with van der Waals surface area (Å²) in [4.78, 5) is 26.3. The van der Waals surface area contributed by atoms with Crippen LogP contribution in [0.3, 0.4) is 0 Å². The highest BCUT2D eigenvalue weighted by molar-refractivity contribution is 5.83. The third-order valence-corrected chi connectivity index (χ3v) is 2.93. The maximum atomic E-state index is 11.6. The van der Waals surface area contributed by atoms with Crippen LogP contribution in [0.15, 0.2) is 40.9 Å². The van der Waals surface area contributed by atoms with Crippen molar-refractivity contribution in [3.63, 3.8) is 0 Å². The number of carbonyl (C=O) groups excluding carboxylic acids is 1. The predicted octanol–water partition coefficient (Wildman–Crippen LogP) is 1.86. The topological polar surface area (TPSA) is 92.4 Å². The standard InChI is InChI=1S/C15H16N2O4/c1-10(15(19)20)17-13(18)7-8-14-16-9-12(21-14)11-5-3-2-4-6-11/h2-6,9-10H,7-8H2,1H3,(H,17,18)(H,19,20). The normalized spacial score (nSPS) is 11.9. The molecule has 0 bridgehead atoms. The number of carboxylic acids is 1. The molecule has 0 saturated carbocycles. The fraction of sp³-hybridized carbons (Fsp3) is 0.267. The summed E-state index contributed by atoms with van der Waals surface area (Å²) in [7, 11) is 0. The largest absolute Gasteiger partial charge is 0.480 e. The SMILES string of the molecule is CC(NC(=O)CCc1ncc(-c2ccccc2)o1)C(=O)O. The molecule has 2 N–H and O–H groups in total. The number of hydrogen-bond donors (Lipinski definition) is 2. The van der Waals surface area contributed by atoms with Crippen molar-refractivity contribution >= 4 is 11.9 Å². The van der Waals surface area contributed by atoms with Gasteiger partial charge in [-0.2, -0.15) is 0 Å². The first-order valence-electron chi connectivity index (χ1n) is 6.58. The van der Waals surface area contributed by atoms with Crippen LogP contribution in [0.4, 0.5) is 0 Å². The number of rotatable bonds is 6. The van der Waals surface area contributed by atoms with Crippen molar-refractivity contribution in [3.05, 3.63) is 42.4 Å². The number of amides is 1. The molecule has 0 fully saturated rings. The van der Waals surface area contributed by atoms with E-state index in [1.807, 2.05) is 30.3 Å². The van der Waals surface area contributed by atoms with E-state index in [2.05, 4.69) is 10.3 Å². The van der Waals surface area contributed by atoms with E-state index in [9.17, 15) is 9.59 Å². The minimum absolute atomic E-state index is 0.131. The van der Waals surface area contributed by atoms with Crippen molar-refractivity contribution in [1.29, 1.82) is 0 Å². The van der Waals surface area contributed by atoms with Gasteiger partial charge < -0.3 is 14.8 Å². The van der Waals surface area contributed by atoms with Crippen molar-refractivity contribution in [3.8, 4) is 11.3 Å². The van der Waals surface area contributed by atoms with Gasteiger partial charge in [0.25, 0.3) is 0 Å². The Morgan fingerprint density at radius 3 is 2.71 bits per heavy atom. The third kappa shape index (κ3) is 4.17. The lowest BCUT2D eigenvalue weighted by Gasteiger charge is -2.07. The summed E-state index contributed by atoms with van der Waals surface area (Å²) >= 11 is 0. The number of nitrogens with zero attached hydrogens (tertiary/aromatic N) is 1. The van der Waals surface area contributed by atoms with E-state index in [1.165, 1.54) is 6.92 Å². The van der Waals surface area contributed by atoms with Crippen molar-refractivity contribution in [2.45, 2.75) is 25.8 Å². The van der Waals surface area contributed by atoms with Crippen LogP contribution in [-0.4, -0.2) is 28.0 Å². The number of oxazole rings is 1. The van der Waals surface area contributed by atoms with Crippen LogP contribution in [0.25, 0.3) is 11.3 Å². The minimum atomic E-state index is -1.06. The zero-order valence-corrected chi connectivity index (χ0v) is 11.6. The maximum absolute atomic E-state index is 11.6. The summed E-state index contributed by atoms with van der Waals surface area (Å²) in [6.07, 6.45) is 2.07. The zero-order valence-electron chi connectivity index (χ0n) is 11.6. The average Bonchev–Trinajstić information content (AvgIpc) is 2.95. The monoisotopic (exact) mass is 288 g/mol. The van der Waals surface area contributed by atoms with E-state index >= 15 is 0 Å². The molecule has 1 aromatic heterocycles. The Morgan fingerprint density at radius 2 is 2.05 bits per heavy atom. The molecule has 1 unspecified atom stereocenters. The van der Waals surface area contributed by atoms with E-state index in [0.29, 0.717) is 18.1 Å². The van der Waals surface area contributed by atoms with Gasteiger partial charge in [0.05, 0.1) is 6.20 Å². The second-order valence-electron chi connectivity index (χ2n) is 4.61. The fourth-order valence-electron chi connectivity index (χ4n) is 1.76. The minimum Gasteiger partial charge on any atom is -0.480 e. The molecule has 1 aromatic carbocycles. The van der Waals surface area contributed by atoms with Crippen LogP contribution in [0.1, 0.15) is 19.2 Å². The van der Waals surface area contributed by atoms with Gasteiger partial charge >= 0.3 is 5.97 Å². The van der Waals surface area contributed by atoms with E-state index in [4.69, 9.17) is 9.52 Å². The number of carboxylic acid groups (broad SMARTS) is 1.